The molecule has 0 bridgehead atoms. The molecular weight excluding hydrogens is 330 g/mol. The molecule has 0 saturated carbocycles. The van der Waals surface area contributed by atoms with Gasteiger partial charge in [-0.1, -0.05) is 49.0 Å². The Hall–Kier alpha value is -2.07. The molecule has 2 aromatic carbocycles. The quantitative estimate of drug-likeness (QED) is 0.647. The van der Waals surface area contributed by atoms with E-state index in [0.29, 0.717) is 5.57 Å². The van der Waals surface area contributed by atoms with E-state index in [4.69, 9.17) is 4.74 Å². The van der Waals surface area contributed by atoms with Crippen LogP contribution in [0.3, 0.4) is 0 Å². The zero-order valence-electron chi connectivity index (χ0n) is 11.7. The number of hydrogen-bond acceptors (Lipinski definition) is 3. The second kappa shape index (κ2) is 7.09. The predicted molar refractivity (Wildman–Crippen MR) is 88.1 cm³/mol. The van der Waals surface area contributed by atoms with Crippen LogP contribution in [-0.4, -0.2) is 13.1 Å². The van der Waals surface area contributed by atoms with Gasteiger partial charge in [0, 0.05) is 10.2 Å². The molecule has 0 aliphatic heterocycles. The number of hydrogen-bond donors (Lipinski definition) is 1. The van der Waals surface area contributed by atoms with Crippen molar-refractivity contribution in [2.75, 3.05) is 12.4 Å². The van der Waals surface area contributed by atoms with Gasteiger partial charge in [0.15, 0.2) is 0 Å². The molecule has 1 N–H and O–H groups in total. The average molecular weight is 346 g/mol. The maximum Gasteiger partial charge on any atom is 0.335 e. The van der Waals surface area contributed by atoms with E-state index in [1.54, 1.807) is 0 Å². The number of carbonyl (C=O) groups is 1. The molecule has 2 aromatic rings. The SMILES string of the molecule is C=C(C(=O)OC)C(Nc1ccccc1Br)c1ccccc1. The molecule has 1 atom stereocenters. The Morgan fingerprint density at radius 1 is 1.14 bits per heavy atom. The van der Waals surface area contributed by atoms with Crippen LogP contribution in [0.2, 0.25) is 0 Å². The highest BCUT2D eigenvalue weighted by atomic mass is 79.9. The number of benzene rings is 2. The van der Waals surface area contributed by atoms with Gasteiger partial charge in [-0.25, -0.2) is 4.79 Å². The van der Waals surface area contributed by atoms with E-state index in [0.717, 1.165) is 15.7 Å². The third-order valence-electron chi connectivity index (χ3n) is 3.10. The lowest BCUT2D eigenvalue weighted by molar-refractivity contribution is -0.136. The van der Waals surface area contributed by atoms with E-state index in [1.165, 1.54) is 7.11 Å². The smallest absolute Gasteiger partial charge is 0.335 e. The van der Waals surface area contributed by atoms with E-state index >= 15 is 0 Å². The van der Waals surface area contributed by atoms with Gasteiger partial charge in [-0.15, -0.1) is 0 Å². The van der Waals surface area contributed by atoms with Crippen LogP contribution in [0.4, 0.5) is 5.69 Å². The predicted octanol–water partition coefficient (Wildman–Crippen LogP) is 4.33. The van der Waals surface area contributed by atoms with Gasteiger partial charge in [-0.2, -0.15) is 0 Å². The molecule has 0 spiro atoms. The Morgan fingerprint density at radius 2 is 1.76 bits per heavy atom. The summed E-state index contributed by atoms with van der Waals surface area (Å²) in [4.78, 5) is 11.8. The van der Waals surface area contributed by atoms with Crippen LogP contribution in [0.1, 0.15) is 11.6 Å². The summed E-state index contributed by atoms with van der Waals surface area (Å²) in [7, 11) is 1.36. The van der Waals surface area contributed by atoms with Crippen molar-refractivity contribution in [3.63, 3.8) is 0 Å². The third-order valence-corrected chi connectivity index (χ3v) is 3.79. The molecular formula is C17H16BrNO2. The summed E-state index contributed by atoms with van der Waals surface area (Å²) in [6.07, 6.45) is 0. The highest BCUT2D eigenvalue weighted by molar-refractivity contribution is 9.10. The minimum atomic E-state index is -0.427. The van der Waals surface area contributed by atoms with Crippen molar-refractivity contribution in [2.45, 2.75) is 6.04 Å². The number of nitrogens with one attached hydrogen (secondary N) is 1. The molecule has 0 aliphatic rings. The van der Waals surface area contributed by atoms with Gasteiger partial charge >= 0.3 is 5.97 Å². The molecule has 4 heteroatoms. The second-order valence-electron chi connectivity index (χ2n) is 4.48. The first-order chi connectivity index (χ1) is 10.1. The van der Waals surface area contributed by atoms with Gasteiger partial charge in [-0.3, -0.25) is 0 Å². The second-order valence-corrected chi connectivity index (χ2v) is 5.34. The summed E-state index contributed by atoms with van der Waals surface area (Å²) in [6.45, 7) is 3.88. The van der Waals surface area contributed by atoms with Crippen molar-refractivity contribution in [3.8, 4) is 0 Å². The van der Waals surface area contributed by atoms with Crippen LogP contribution in [-0.2, 0) is 9.53 Å². The standard InChI is InChI=1S/C17H16BrNO2/c1-12(17(20)21-2)16(13-8-4-3-5-9-13)19-15-11-7-6-10-14(15)18/h3-11,16,19H,1H2,2H3. The van der Waals surface area contributed by atoms with E-state index in [9.17, 15) is 4.79 Å². The van der Waals surface area contributed by atoms with Gasteiger partial charge in [0.1, 0.15) is 0 Å². The van der Waals surface area contributed by atoms with Gasteiger partial charge in [0.2, 0.25) is 0 Å². The van der Waals surface area contributed by atoms with Gasteiger partial charge < -0.3 is 10.1 Å². The molecule has 21 heavy (non-hydrogen) atoms. The summed E-state index contributed by atoms with van der Waals surface area (Å²) in [5, 5.41) is 3.33. The lowest BCUT2D eigenvalue weighted by Crippen LogP contribution is -2.19. The molecule has 0 saturated heterocycles. The number of esters is 1. The van der Waals surface area contributed by atoms with Crippen molar-refractivity contribution >= 4 is 27.6 Å². The number of halogens is 1. The largest absolute Gasteiger partial charge is 0.466 e. The van der Waals surface area contributed by atoms with Crippen LogP contribution < -0.4 is 5.32 Å². The van der Waals surface area contributed by atoms with Crippen LogP contribution in [0.25, 0.3) is 0 Å². The van der Waals surface area contributed by atoms with E-state index in [-0.39, 0.29) is 6.04 Å². The molecule has 3 nitrogen and oxygen atoms in total. The van der Waals surface area contributed by atoms with Gasteiger partial charge in [0.25, 0.3) is 0 Å². The van der Waals surface area contributed by atoms with Crippen LogP contribution in [0.15, 0.2) is 71.2 Å². The third kappa shape index (κ3) is 3.73. The van der Waals surface area contributed by atoms with Gasteiger partial charge in [-0.05, 0) is 33.6 Å². The van der Waals surface area contributed by atoms with Crippen LogP contribution >= 0.6 is 15.9 Å². The van der Waals surface area contributed by atoms with E-state index in [2.05, 4.69) is 27.8 Å². The fourth-order valence-electron chi connectivity index (χ4n) is 2.00. The Balaban J connectivity index is 2.35. The lowest BCUT2D eigenvalue weighted by atomic mass is 9.99. The van der Waals surface area contributed by atoms with Crippen molar-refractivity contribution in [1.82, 2.24) is 0 Å². The minimum absolute atomic E-state index is 0.350. The zero-order valence-corrected chi connectivity index (χ0v) is 13.3. The number of anilines is 1. The van der Waals surface area contributed by atoms with Gasteiger partial charge in [0.05, 0.1) is 18.7 Å². The highest BCUT2D eigenvalue weighted by Gasteiger charge is 2.21. The maximum absolute atomic E-state index is 11.8. The van der Waals surface area contributed by atoms with Crippen LogP contribution in [0.5, 0.6) is 0 Å². The Bertz CT molecular complexity index is 640. The van der Waals surface area contributed by atoms with E-state index in [1.807, 2.05) is 54.6 Å². The van der Waals surface area contributed by atoms with Crippen molar-refractivity contribution < 1.29 is 9.53 Å². The summed E-state index contributed by atoms with van der Waals surface area (Å²) in [5.41, 5.74) is 2.19. The summed E-state index contributed by atoms with van der Waals surface area (Å²) in [6, 6.07) is 17.1. The lowest BCUT2D eigenvalue weighted by Gasteiger charge is -2.22. The monoisotopic (exact) mass is 345 g/mol. The molecule has 2 rings (SSSR count). The Morgan fingerprint density at radius 3 is 2.38 bits per heavy atom. The molecule has 0 heterocycles. The highest BCUT2D eigenvalue weighted by Crippen LogP contribution is 2.30. The molecule has 0 aromatic heterocycles. The minimum Gasteiger partial charge on any atom is -0.466 e. The zero-order chi connectivity index (χ0) is 15.2. The number of methoxy groups -OCH3 is 1. The first-order valence-electron chi connectivity index (χ1n) is 6.46. The summed E-state index contributed by atoms with van der Waals surface area (Å²) in [5.74, 6) is -0.427. The summed E-state index contributed by atoms with van der Waals surface area (Å²) < 4.78 is 5.71. The maximum atomic E-state index is 11.8. The summed E-state index contributed by atoms with van der Waals surface area (Å²) >= 11 is 3.49. The molecule has 0 aliphatic carbocycles. The fourth-order valence-corrected chi connectivity index (χ4v) is 2.40. The van der Waals surface area contributed by atoms with Crippen molar-refractivity contribution in [2.24, 2.45) is 0 Å². The first kappa shape index (κ1) is 15.3. The number of para-hydroxylation sites is 1. The number of carbonyl (C=O) groups excluding carboxylic acids is 1. The first-order valence-corrected chi connectivity index (χ1v) is 7.26. The molecule has 0 radical (unpaired) electrons. The van der Waals surface area contributed by atoms with Crippen molar-refractivity contribution in [1.29, 1.82) is 0 Å². The molecule has 0 fully saturated rings. The Kier molecular flexibility index (Phi) is 5.17. The van der Waals surface area contributed by atoms with Crippen LogP contribution in [0, 0.1) is 0 Å². The number of rotatable bonds is 5. The molecule has 0 amide bonds. The van der Waals surface area contributed by atoms with E-state index < -0.39 is 5.97 Å². The average Bonchev–Trinajstić information content (AvgIpc) is 2.53. The molecule has 1 unspecified atom stereocenters. The number of ether oxygens (including phenoxy) is 1. The fraction of sp³-hybridized carbons (Fsp3) is 0.118. The molecule has 108 valence electrons. The normalized spacial score (nSPS) is 11.5. The topological polar surface area (TPSA) is 38.3 Å². The Labute approximate surface area is 132 Å². The van der Waals surface area contributed by atoms with Crippen molar-refractivity contribution in [3.05, 3.63) is 76.8 Å².